The second kappa shape index (κ2) is 5.22. The first-order valence-electron chi connectivity index (χ1n) is 4.58. The number of thiol groups is 2. The summed E-state index contributed by atoms with van der Waals surface area (Å²) in [6.07, 6.45) is 0. The quantitative estimate of drug-likeness (QED) is 0.665. The standard InChI is InChI=1S/C9H10F3NO2S3/c1-13(8(16)17)6-2-4-7(5-3-6)18(14,15)9(10,11)12/h2-5,8,16-17H,1H3. The fourth-order valence-electron chi connectivity index (χ4n) is 1.13. The average molecular weight is 317 g/mol. The lowest BCUT2D eigenvalue weighted by atomic mass is 10.3. The summed E-state index contributed by atoms with van der Waals surface area (Å²) >= 11 is 8.05. The van der Waals surface area contributed by atoms with Gasteiger partial charge in [0, 0.05) is 12.7 Å². The largest absolute Gasteiger partial charge is 0.501 e. The number of benzene rings is 1. The fourth-order valence-corrected chi connectivity index (χ4v) is 2.16. The van der Waals surface area contributed by atoms with Crippen LogP contribution in [0.15, 0.2) is 29.2 Å². The molecule has 9 heteroatoms. The lowest BCUT2D eigenvalue weighted by Gasteiger charge is -2.22. The molecular weight excluding hydrogens is 307 g/mol. The van der Waals surface area contributed by atoms with Crippen molar-refractivity contribution in [3.8, 4) is 0 Å². The van der Waals surface area contributed by atoms with Crippen molar-refractivity contribution < 1.29 is 21.6 Å². The van der Waals surface area contributed by atoms with Gasteiger partial charge in [0.15, 0.2) is 0 Å². The van der Waals surface area contributed by atoms with Crippen molar-refractivity contribution in [3.63, 3.8) is 0 Å². The van der Waals surface area contributed by atoms with Crippen LogP contribution in [0.25, 0.3) is 0 Å². The first kappa shape index (κ1) is 15.5. The summed E-state index contributed by atoms with van der Waals surface area (Å²) in [5.41, 5.74) is -4.79. The molecule has 0 saturated heterocycles. The Kier molecular flexibility index (Phi) is 4.50. The highest BCUT2D eigenvalue weighted by atomic mass is 32.2. The minimum absolute atomic E-state index is 0.449. The molecule has 102 valence electrons. The van der Waals surface area contributed by atoms with Crippen molar-refractivity contribution in [2.75, 3.05) is 11.9 Å². The summed E-state index contributed by atoms with van der Waals surface area (Å²) in [7, 11) is -3.67. The topological polar surface area (TPSA) is 37.4 Å². The maximum atomic E-state index is 12.3. The van der Waals surface area contributed by atoms with E-state index in [1.807, 2.05) is 0 Å². The highest BCUT2D eigenvalue weighted by Crippen LogP contribution is 2.31. The number of rotatable bonds is 3. The summed E-state index contributed by atoms with van der Waals surface area (Å²) in [5, 5.41) is 0. The number of nitrogens with zero attached hydrogens (tertiary/aromatic N) is 1. The first-order chi connectivity index (χ1) is 8.07. The molecule has 0 fully saturated rings. The SMILES string of the molecule is CN(c1ccc(S(=O)(=O)C(F)(F)F)cc1)C(S)S. The van der Waals surface area contributed by atoms with Gasteiger partial charge >= 0.3 is 5.51 Å². The number of hydrogen-bond acceptors (Lipinski definition) is 5. The molecule has 0 aromatic heterocycles. The number of halogens is 3. The Morgan fingerprint density at radius 1 is 1.17 bits per heavy atom. The van der Waals surface area contributed by atoms with Crippen LogP contribution in [0, 0.1) is 0 Å². The first-order valence-corrected chi connectivity index (χ1v) is 7.09. The zero-order valence-electron chi connectivity index (χ0n) is 9.09. The van der Waals surface area contributed by atoms with Crippen LogP contribution in [-0.2, 0) is 9.84 Å². The molecule has 0 aliphatic carbocycles. The minimum atomic E-state index is -5.30. The molecule has 0 heterocycles. The maximum absolute atomic E-state index is 12.3. The second-order valence-corrected chi connectivity index (χ2v) is 6.73. The van der Waals surface area contributed by atoms with E-state index >= 15 is 0 Å². The molecule has 0 amide bonds. The van der Waals surface area contributed by atoms with E-state index in [1.54, 1.807) is 11.9 Å². The Labute approximate surface area is 114 Å². The molecule has 0 saturated carbocycles. The Balaban J connectivity index is 3.12. The van der Waals surface area contributed by atoms with Gasteiger partial charge in [0.05, 0.1) is 4.90 Å². The highest BCUT2D eigenvalue weighted by molar-refractivity contribution is 7.99. The number of hydrogen-bond donors (Lipinski definition) is 2. The molecule has 0 atom stereocenters. The lowest BCUT2D eigenvalue weighted by Crippen LogP contribution is -2.24. The van der Waals surface area contributed by atoms with E-state index in [2.05, 4.69) is 25.3 Å². The Morgan fingerprint density at radius 2 is 1.61 bits per heavy atom. The second-order valence-electron chi connectivity index (χ2n) is 3.40. The molecule has 1 rings (SSSR count). The monoisotopic (exact) mass is 317 g/mol. The summed E-state index contributed by atoms with van der Waals surface area (Å²) < 4.78 is 58.6. The molecule has 0 aliphatic rings. The van der Waals surface area contributed by atoms with Gasteiger partial charge in [-0.15, -0.1) is 25.3 Å². The third-order valence-corrected chi connectivity index (χ3v) is 4.40. The highest BCUT2D eigenvalue weighted by Gasteiger charge is 2.46. The minimum Gasteiger partial charge on any atom is -0.354 e. The van der Waals surface area contributed by atoms with Crippen LogP contribution in [0.1, 0.15) is 0 Å². The van der Waals surface area contributed by atoms with E-state index < -0.39 is 24.9 Å². The summed E-state index contributed by atoms with van der Waals surface area (Å²) in [6.45, 7) is 0. The van der Waals surface area contributed by atoms with Gasteiger partial charge in [-0.05, 0) is 24.3 Å². The predicted octanol–water partition coefficient (Wildman–Crippen LogP) is 2.56. The van der Waals surface area contributed by atoms with E-state index in [1.165, 1.54) is 12.1 Å². The van der Waals surface area contributed by atoms with Gasteiger partial charge in [-0.2, -0.15) is 13.2 Å². The van der Waals surface area contributed by atoms with Gasteiger partial charge in [0.1, 0.15) is 4.71 Å². The van der Waals surface area contributed by atoms with E-state index in [0.717, 1.165) is 12.1 Å². The van der Waals surface area contributed by atoms with E-state index in [0.29, 0.717) is 5.69 Å². The molecule has 0 bridgehead atoms. The summed E-state index contributed by atoms with van der Waals surface area (Å²) in [4.78, 5) is 0.762. The van der Waals surface area contributed by atoms with Crippen molar-refractivity contribution in [2.24, 2.45) is 0 Å². The van der Waals surface area contributed by atoms with Crippen LogP contribution in [0.3, 0.4) is 0 Å². The van der Waals surface area contributed by atoms with Crippen molar-refractivity contribution >= 4 is 40.8 Å². The molecule has 0 radical (unpaired) electrons. The van der Waals surface area contributed by atoms with Gasteiger partial charge in [0.2, 0.25) is 0 Å². The normalized spacial score (nSPS) is 12.8. The third-order valence-electron chi connectivity index (χ3n) is 2.21. The molecule has 0 aliphatic heterocycles. The van der Waals surface area contributed by atoms with Crippen molar-refractivity contribution in [3.05, 3.63) is 24.3 Å². The maximum Gasteiger partial charge on any atom is 0.501 e. The van der Waals surface area contributed by atoms with Crippen LogP contribution in [0.5, 0.6) is 0 Å². The Bertz CT molecular complexity index is 511. The van der Waals surface area contributed by atoms with Gasteiger partial charge in [-0.3, -0.25) is 0 Å². The van der Waals surface area contributed by atoms with Crippen LogP contribution in [0.2, 0.25) is 0 Å². The molecule has 0 spiro atoms. The lowest BCUT2D eigenvalue weighted by molar-refractivity contribution is -0.0436. The van der Waals surface area contributed by atoms with Crippen molar-refractivity contribution in [1.82, 2.24) is 0 Å². The number of alkyl halides is 3. The number of anilines is 1. The van der Waals surface area contributed by atoms with Crippen LogP contribution in [0.4, 0.5) is 18.9 Å². The van der Waals surface area contributed by atoms with Gasteiger partial charge in [-0.1, -0.05) is 0 Å². The van der Waals surface area contributed by atoms with Crippen molar-refractivity contribution in [2.45, 2.75) is 15.1 Å². The Morgan fingerprint density at radius 3 is 1.94 bits per heavy atom. The van der Waals surface area contributed by atoms with E-state index in [9.17, 15) is 21.6 Å². The van der Waals surface area contributed by atoms with Gasteiger partial charge in [0.25, 0.3) is 9.84 Å². The van der Waals surface area contributed by atoms with Gasteiger partial charge in [-0.25, -0.2) is 8.42 Å². The summed E-state index contributed by atoms with van der Waals surface area (Å²) in [6, 6.07) is 4.33. The zero-order valence-corrected chi connectivity index (χ0v) is 11.7. The average Bonchev–Trinajstić information content (AvgIpc) is 2.26. The molecule has 0 unspecified atom stereocenters. The molecule has 1 aromatic rings. The fraction of sp³-hybridized carbons (Fsp3) is 0.333. The smallest absolute Gasteiger partial charge is 0.354 e. The van der Waals surface area contributed by atoms with Crippen LogP contribution >= 0.6 is 25.3 Å². The molecule has 0 N–H and O–H groups in total. The molecular formula is C9H10F3NO2S3. The van der Waals surface area contributed by atoms with E-state index in [4.69, 9.17) is 0 Å². The zero-order chi connectivity index (χ0) is 14.1. The Hall–Kier alpha value is -0.540. The van der Waals surface area contributed by atoms with Crippen molar-refractivity contribution in [1.29, 1.82) is 0 Å². The predicted molar refractivity (Wildman–Crippen MR) is 69.8 cm³/mol. The molecule has 3 nitrogen and oxygen atoms in total. The summed E-state index contributed by atoms with van der Waals surface area (Å²) in [5.74, 6) is 0. The molecule has 18 heavy (non-hydrogen) atoms. The van der Waals surface area contributed by atoms with E-state index in [-0.39, 0.29) is 0 Å². The van der Waals surface area contributed by atoms with Crippen LogP contribution in [-0.4, -0.2) is 25.7 Å². The van der Waals surface area contributed by atoms with Gasteiger partial charge < -0.3 is 4.90 Å². The van der Waals surface area contributed by atoms with Crippen LogP contribution < -0.4 is 4.90 Å². The molecule has 1 aromatic carbocycles. The number of sulfone groups is 1. The third kappa shape index (κ3) is 3.07.